The Labute approximate surface area is 105 Å². The van der Waals surface area contributed by atoms with Crippen molar-refractivity contribution in [1.82, 2.24) is 5.32 Å². The van der Waals surface area contributed by atoms with E-state index in [1.165, 1.54) is 5.56 Å². The van der Waals surface area contributed by atoms with E-state index in [1.807, 2.05) is 0 Å². The molecule has 0 spiro atoms. The van der Waals surface area contributed by atoms with E-state index in [9.17, 15) is 5.11 Å². The van der Waals surface area contributed by atoms with Crippen LogP contribution in [-0.4, -0.2) is 18.3 Å². The fraction of sp³-hybridized carbons (Fsp3) is 0.600. The van der Waals surface area contributed by atoms with Crippen LogP contribution in [0.3, 0.4) is 0 Å². The van der Waals surface area contributed by atoms with Crippen LogP contribution in [0.2, 0.25) is 0 Å². The van der Waals surface area contributed by atoms with Crippen LogP contribution in [0.15, 0.2) is 24.3 Å². The largest absolute Gasteiger partial charge is 0.394 e. The van der Waals surface area contributed by atoms with Gasteiger partial charge in [0.1, 0.15) is 0 Å². The van der Waals surface area contributed by atoms with Crippen LogP contribution in [-0.2, 0) is 12.0 Å². The van der Waals surface area contributed by atoms with E-state index in [1.54, 1.807) is 0 Å². The fourth-order valence-electron chi connectivity index (χ4n) is 1.79. The number of aliphatic hydroxyl groups excluding tert-OH is 1. The molecular formula is C15H25NO. The van der Waals surface area contributed by atoms with Gasteiger partial charge in [-0.05, 0) is 36.9 Å². The smallest absolute Gasteiger partial charge is 0.0652 e. The summed E-state index contributed by atoms with van der Waals surface area (Å²) in [5.74, 6) is 0.579. The Morgan fingerprint density at radius 3 is 2.24 bits per heavy atom. The molecule has 0 saturated carbocycles. The van der Waals surface area contributed by atoms with Gasteiger partial charge < -0.3 is 10.4 Å². The van der Waals surface area contributed by atoms with Crippen molar-refractivity contribution in [2.45, 2.75) is 39.7 Å². The predicted molar refractivity (Wildman–Crippen MR) is 73.1 cm³/mol. The Morgan fingerprint density at radius 2 is 1.82 bits per heavy atom. The highest BCUT2D eigenvalue weighted by atomic mass is 16.3. The Bertz CT molecular complexity index is 331. The highest BCUT2D eigenvalue weighted by molar-refractivity contribution is 5.28. The third kappa shape index (κ3) is 3.83. The van der Waals surface area contributed by atoms with Gasteiger partial charge in [0.05, 0.1) is 12.1 Å². The Morgan fingerprint density at radius 1 is 1.24 bits per heavy atom. The van der Waals surface area contributed by atoms with Crippen molar-refractivity contribution < 1.29 is 5.11 Å². The first-order valence-electron chi connectivity index (χ1n) is 6.47. The lowest BCUT2D eigenvalue weighted by atomic mass is 9.91. The zero-order chi connectivity index (χ0) is 12.9. The maximum absolute atomic E-state index is 9.62. The molecule has 0 aliphatic rings. The van der Waals surface area contributed by atoms with Crippen molar-refractivity contribution in [3.05, 3.63) is 35.4 Å². The maximum Gasteiger partial charge on any atom is 0.0652 e. The van der Waals surface area contributed by atoms with Crippen LogP contribution in [0.1, 0.15) is 38.8 Å². The molecule has 1 unspecified atom stereocenters. The molecule has 2 N–H and O–H groups in total. The zero-order valence-electron chi connectivity index (χ0n) is 11.5. The molecule has 0 aliphatic heterocycles. The summed E-state index contributed by atoms with van der Waals surface area (Å²) in [5, 5.41) is 13.1. The van der Waals surface area contributed by atoms with Crippen molar-refractivity contribution >= 4 is 0 Å². The van der Waals surface area contributed by atoms with Gasteiger partial charge in [-0.3, -0.25) is 0 Å². The molecule has 0 amide bonds. The Balaban J connectivity index is 2.83. The van der Waals surface area contributed by atoms with Gasteiger partial charge in [-0.1, -0.05) is 45.0 Å². The van der Waals surface area contributed by atoms with Gasteiger partial charge in [-0.15, -0.1) is 0 Å². The highest BCUT2D eigenvalue weighted by Gasteiger charge is 2.24. The average molecular weight is 235 g/mol. The van der Waals surface area contributed by atoms with E-state index in [2.05, 4.69) is 57.3 Å². The molecule has 0 aromatic heterocycles. The van der Waals surface area contributed by atoms with E-state index in [-0.39, 0.29) is 12.1 Å². The monoisotopic (exact) mass is 235 g/mol. The van der Waals surface area contributed by atoms with Gasteiger partial charge in [0.25, 0.3) is 0 Å². The highest BCUT2D eigenvalue weighted by Crippen LogP contribution is 2.21. The molecule has 2 nitrogen and oxygen atoms in total. The third-order valence-electron chi connectivity index (χ3n) is 3.22. The predicted octanol–water partition coefficient (Wildman–Crippen LogP) is 2.70. The van der Waals surface area contributed by atoms with Crippen LogP contribution in [0.25, 0.3) is 0 Å². The third-order valence-corrected chi connectivity index (χ3v) is 3.22. The molecule has 17 heavy (non-hydrogen) atoms. The van der Waals surface area contributed by atoms with Gasteiger partial charge in [-0.25, -0.2) is 0 Å². The summed E-state index contributed by atoms with van der Waals surface area (Å²) in [5.41, 5.74) is 2.15. The minimum atomic E-state index is -0.337. The lowest BCUT2D eigenvalue weighted by molar-refractivity contribution is 0.171. The number of aryl methyl sites for hydroxylation is 1. The van der Waals surface area contributed by atoms with Gasteiger partial charge in [0.2, 0.25) is 0 Å². The summed E-state index contributed by atoms with van der Waals surface area (Å²) >= 11 is 0. The molecule has 0 radical (unpaired) electrons. The standard InChI is InChI=1S/C15H25NO/c1-5-13-6-8-14(9-7-13)15(4,11-17)16-10-12(2)3/h6-9,12,16-17H,5,10-11H2,1-4H3. The topological polar surface area (TPSA) is 32.3 Å². The summed E-state index contributed by atoms with van der Waals surface area (Å²) in [4.78, 5) is 0. The first-order chi connectivity index (χ1) is 8.01. The molecule has 96 valence electrons. The van der Waals surface area contributed by atoms with E-state index < -0.39 is 0 Å². The molecule has 0 heterocycles. The van der Waals surface area contributed by atoms with Crippen molar-refractivity contribution in [3.8, 4) is 0 Å². The van der Waals surface area contributed by atoms with Gasteiger partial charge >= 0.3 is 0 Å². The summed E-state index contributed by atoms with van der Waals surface area (Å²) in [6.45, 7) is 9.57. The number of hydrogen-bond donors (Lipinski definition) is 2. The number of benzene rings is 1. The normalized spacial score (nSPS) is 14.9. The second-order valence-electron chi connectivity index (χ2n) is 5.32. The number of nitrogens with one attached hydrogen (secondary N) is 1. The van der Waals surface area contributed by atoms with Gasteiger partial charge in [0, 0.05) is 0 Å². The number of aliphatic hydroxyl groups is 1. The second kappa shape index (κ2) is 6.18. The molecule has 2 heteroatoms. The van der Waals surface area contributed by atoms with Crippen LogP contribution < -0.4 is 5.32 Å². The number of rotatable bonds is 6. The van der Waals surface area contributed by atoms with Crippen molar-refractivity contribution in [2.75, 3.05) is 13.2 Å². The van der Waals surface area contributed by atoms with Crippen LogP contribution >= 0.6 is 0 Å². The fourth-order valence-corrected chi connectivity index (χ4v) is 1.79. The molecule has 1 aromatic rings. The van der Waals surface area contributed by atoms with Gasteiger partial charge in [0.15, 0.2) is 0 Å². The minimum absolute atomic E-state index is 0.116. The van der Waals surface area contributed by atoms with Crippen LogP contribution in [0.4, 0.5) is 0 Å². The Hall–Kier alpha value is -0.860. The quantitative estimate of drug-likeness (QED) is 0.794. The van der Waals surface area contributed by atoms with Crippen molar-refractivity contribution in [2.24, 2.45) is 5.92 Å². The van der Waals surface area contributed by atoms with Crippen LogP contribution in [0.5, 0.6) is 0 Å². The van der Waals surface area contributed by atoms with Crippen LogP contribution in [0, 0.1) is 5.92 Å². The van der Waals surface area contributed by atoms with Crippen molar-refractivity contribution in [3.63, 3.8) is 0 Å². The van der Waals surface area contributed by atoms with E-state index >= 15 is 0 Å². The van der Waals surface area contributed by atoms with Gasteiger partial charge in [-0.2, -0.15) is 0 Å². The molecule has 0 saturated heterocycles. The molecule has 0 fully saturated rings. The molecule has 1 aromatic carbocycles. The Kier molecular flexibility index (Phi) is 5.16. The summed E-state index contributed by atoms with van der Waals surface area (Å²) < 4.78 is 0. The zero-order valence-corrected chi connectivity index (χ0v) is 11.5. The SMILES string of the molecule is CCc1ccc(C(C)(CO)NCC(C)C)cc1. The molecule has 1 rings (SSSR count). The first-order valence-corrected chi connectivity index (χ1v) is 6.47. The molecule has 0 bridgehead atoms. The molecular weight excluding hydrogens is 210 g/mol. The second-order valence-corrected chi connectivity index (χ2v) is 5.32. The van der Waals surface area contributed by atoms with E-state index in [0.29, 0.717) is 5.92 Å². The lowest BCUT2D eigenvalue weighted by Gasteiger charge is -2.30. The minimum Gasteiger partial charge on any atom is -0.394 e. The maximum atomic E-state index is 9.62. The molecule has 1 atom stereocenters. The van der Waals surface area contributed by atoms with E-state index in [0.717, 1.165) is 18.5 Å². The van der Waals surface area contributed by atoms with Crippen molar-refractivity contribution in [1.29, 1.82) is 0 Å². The summed E-state index contributed by atoms with van der Waals surface area (Å²) in [6.07, 6.45) is 1.05. The average Bonchev–Trinajstić information content (AvgIpc) is 2.36. The summed E-state index contributed by atoms with van der Waals surface area (Å²) in [6, 6.07) is 8.51. The van der Waals surface area contributed by atoms with E-state index in [4.69, 9.17) is 0 Å². The lowest BCUT2D eigenvalue weighted by Crippen LogP contribution is -2.44. The number of hydrogen-bond acceptors (Lipinski definition) is 2. The summed E-state index contributed by atoms with van der Waals surface area (Å²) in [7, 11) is 0. The first kappa shape index (κ1) is 14.2. The molecule has 0 aliphatic carbocycles.